The number of hydrogen-bond donors (Lipinski definition) is 1. The molecule has 0 saturated carbocycles. The molecule has 124 valence electrons. The zero-order chi connectivity index (χ0) is 16.9. The Kier molecular flexibility index (Phi) is 4.94. The first-order chi connectivity index (χ1) is 11.7. The quantitative estimate of drug-likeness (QED) is 0.908. The lowest BCUT2D eigenvalue weighted by Gasteiger charge is -2.09. The minimum absolute atomic E-state index is 0.106. The number of carbonyl (C=O) groups is 1. The number of para-hydroxylation sites is 1. The number of aromatic nitrogens is 2. The third kappa shape index (κ3) is 3.48. The zero-order valence-electron chi connectivity index (χ0n) is 14.2. The summed E-state index contributed by atoms with van der Waals surface area (Å²) in [6, 6.07) is 9.99. The number of nitrogens with one attached hydrogen (secondary N) is 1. The van der Waals surface area contributed by atoms with Crippen LogP contribution < -0.4 is 5.32 Å². The smallest absolute Gasteiger partial charge is 0.271 e. The molecule has 24 heavy (non-hydrogen) atoms. The van der Waals surface area contributed by atoms with Crippen molar-refractivity contribution in [3.63, 3.8) is 0 Å². The summed E-state index contributed by atoms with van der Waals surface area (Å²) < 4.78 is 2.02. The van der Waals surface area contributed by atoms with E-state index >= 15 is 0 Å². The van der Waals surface area contributed by atoms with Gasteiger partial charge in [0.25, 0.3) is 5.91 Å². The van der Waals surface area contributed by atoms with Crippen LogP contribution in [0.15, 0.2) is 54.1 Å². The lowest BCUT2D eigenvalue weighted by Crippen LogP contribution is -2.26. The molecule has 4 nitrogen and oxygen atoms in total. The topological polar surface area (TPSA) is 46.9 Å². The van der Waals surface area contributed by atoms with E-state index in [9.17, 15) is 4.79 Å². The highest BCUT2D eigenvalue weighted by atomic mass is 16.1. The number of hydrogen-bond acceptors (Lipinski definition) is 2. The van der Waals surface area contributed by atoms with Crippen molar-refractivity contribution >= 4 is 5.91 Å². The van der Waals surface area contributed by atoms with E-state index in [2.05, 4.69) is 28.5 Å². The fourth-order valence-corrected chi connectivity index (χ4v) is 3.07. The molecule has 3 rings (SSSR count). The molecule has 1 aliphatic carbocycles. The molecule has 0 atom stereocenters. The number of benzene rings is 1. The molecule has 0 unspecified atom stereocenters. The van der Waals surface area contributed by atoms with E-state index in [0.29, 0.717) is 12.2 Å². The molecule has 1 aromatic carbocycles. The van der Waals surface area contributed by atoms with Crippen molar-refractivity contribution in [3.8, 4) is 5.69 Å². The largest absolute Gasteiger partial charge is 0.350 e. The van der Waals surface area contributed by atoms with Crippen molar-refractivity contribution in [2.45, 2.75) is 33.1 Å². The van der Waals surface area contributed by atoms with E-state index in [1.54, 1.807) is 0 Å². The molecule has 0 aliphatic heterocycles. The summed E-state index contributed by atoms with van der Waals surface area (Å²) in [5.74, 6) is 0.715. The van der Waals surface area contributed by atoms with Crippen LogP contribution in [-0.4, -0.2) is 22.0 Å². The summed E-state index contributed by atoms with van der Waals surface area (Å²) in [5.41, 5.74) is 3.69. The van der Waals surface area contributed by atoms with Gasteiger partial charge in [0.2, 0.25) is 0 Å². The van der Waals surface area contributed by atoms with E-state index in [1.165, 1.54) is 5.57 Å². The number of imidazole rings is 1. The lowest BCUT2D eigenvalue weighted by atomic mass is 10.0. The van der Waals surface area contributed by atoms with Gasteiger partial charge in [-0.05, 0) is 45.2 Å². The van der Waals surface area contributed by atoms with E-state index < -0.39 is 0 Å². The Bertz CT molecular complexity index is 785. The summed E-state index contributed by atoms with van der Waals surface area (Å²) in [5, 5.41) is 2.99. The van der Waals surface area contributed by atoms with Gasteiger partial charge in [0.05, 0.1) is 5.69 Å². The van der Waals surface area contributed by atoms with Crippen LogP contribution in [0, 0.1) is 13.8 Å². The van der Waals surface area contributed by atoms with Crippen LogP contribution in [0.25, 0.3) is 5.69 Å². The Labute approximate surface area is 142 Å². The van der Waals surface area contributed by atoms with Gasteiger partial charge in [0, 0.05) is 12.2 Å². The van der Waals surface area contributed by atoms with Crippen molar-refractivity contribution in [2.75, 3.05) is 6.54 Å². The Hall–Kier alpha value is -2.62. The monoisotopic (exact) mass is 321 g/mol. The summed E-state index contributed by atoms with van der Waals surface area (Å²) in [6.45, 7) is 4.49. The van der Waals surface area contributed by atoms with Gasteiger partial charge in [0.15, 0.2) is 0 Å². The van der Waals surface area contributed by atoms with Crippen LogP contribution in [0.2, 0.25) is 0 Å². The third-order valence-electron chi connectivity index (χ3n) is 4.28. The fourth-order valence-electron chi connectivity index (χ4n) is 3.07. The molecule has 1 aromatic heterocycles. The number of nitrogens with zero attached hydrogens (tertiary/aromatic N) is 2. The standard InChI is InChI=1S/C20H23N3O/c1-15-19(20(24)21-14-13-17-9-5-3-6-10-17)22-16(2)23(15)18-11-7-4-8-12-18/h4-5,7-12H,3,6,13-14H2,1-2H3,(H,21,24). The first-order valence-corrected chi connectivity index (χ1v) is 8.42. The molecule has 2 aromatic rings. The van der Waals surface area contributed by atoms with Gasteiger partial charge < -0.3 is 9.88 Å². The minimum atomic E-state index is -0.106. The van der Waals surface area contributed by atoms with E-state index in [4.69, 9.17) is 0 Å². The molecule has 1 N–H and O–H groups in total. The molecule has 1 heterocycles. The van der Waals surface area contributed by atoms with Crippen molar-refractivity contribution < 1.29 is 4.79 Å². The van der Waals surface area contributed by atoms with Gasteiger partial charge in [-0.3, -0.25) is 4.79 Å². The van der Waals surface area contributed by atoms with Gasteiger partial charge in [-0.1, -0.05) is 42.0 Å². The highest BCUT2D eigenvalue weighted by Gasteiger charge is 2.18. The third-order valence-corrected chi connectivity index (χ3v) is 4.28. The van der Waals surface area contributed by atoms with Crippen LogP contribution >= 0.6 is 0 Å². The predicted octanol–water partition coefficient (Wildman–Crippen LogP) is 3.89. The van der Waals surface area contributed by atoms with Gasteiger partial charge in [-0.2, -0.15) is 0 Å². The maximum absolute atomic E-state index is 12.5. The van der Waals surface area contributed by atoms with Crippen molar-refractivity contribution in [3.05, 3.63) is 71.3 Å². The second-order valence-electron chi connectivity index (χ2n) is 6.03. The van der Waals surface area contributed by atoms with Crippen LogP contribution in [-0.2, 0) is 0 Å². The molecule has 0 radical (unpaired) electrons. The molecular weight excluding hydrogens is 298 g/mol. The molecular formula is C20H23N3O. The zero-order valence-corrected chi connectivity index (χ0v) is 14.2. The summed E-state index contributed by atoms with van der Waals surface area (Å²) in [7, 11) is 0. The van der Waals surface area contributed by atoms with Crippen molar-refractivity contribution in [1.29, 1.82) is 0 Å². The molecule has 0 spiro atoms. The highest BCUT2D eigenvalue weighted by Crippen LogP contribution is 2.18. The van der Waals surface area contributed by atoms with Gasteiger partial charge in [0.1, 0.15) is 11.5 Å². The summed E-state index contributed by atoms with van der Waals surface area (Å²) in [4.78, 5) is 17.0. The van der Waals surface area contributed by atoms with Crippen LogP contribution in [0.5, 0.6) is 0 Å². The maximum atomic E-state index is 12.5. The molecule has 4 heteroatoms. The molecule has 1 aliphatic rings. The molecule has 0 bridgehead atoms. The Morgan fingerprint density at radius 2 is 2.00 bits per heavy atom. The molecule has 0 fully saturated rings. The average molecular weight is 321 g/mol. The van der Waals surface area contributed by atoms with E-state index in [1.807, 2.05) is 48.7 Å². The van der Waals surface area contributed by atoms with Crippen LogP contribution in [0.4, 0.5) is 0 Å². The van der Waals surface area contributed by atoms with Crippen LogP contribution in [0.1, 0.15) is 41.3 Å². The molecule has 0 saturated heterocycles. The lowest BCUT2D eigenvalue weighted by molar-refractivity contribution is 0.0949. The number of carbonyl (C=O) groups excluding carboxylic acids is 1. The van der Waals surface area contributed by atoms with Crippen molar-refractivity contribution in [1.82, 2.24) is 14.9 Å². The van der Waals surface area contributed by atoms with Crippen molar-refractivity contribution in [2.24, 2.45) is 0 Å². The normalized spacial score (nSPS) is 13.7. The van der Waals surface area contributed by atoms with E-state index in [0.717, 1.165) is 36.5 Å². The fraction of sp³-hybridized carbons (Fsp3) is 0.300. The Balaban J connectivity index is 1.69. The van der Waals surface area contributed by atoms with Gasteiger partial charge in [-0.25, -0.2) is 4.98 Å². The second kappa shape index (κ2) is 7.30. The highest BCUT2D eigenvalue weighted by molar-refractivity contribution is 5.93. The Morgan fingerprint density at radius 3 is 2.71 bits per heavy atom. The first-order valence-electron chi connectivity index (χ1n) is 8.42. The number of amides is 1. The second-order valence-corrected chi connectivity index (χ2v) is 6.03. The van der Waals surface area contributed by atoms with Gasteiger partial charge in [-0.15, -0.1) is 0 Å². The number of allylic oxidation sites excluding steroid dienone is 3. The average Bonchev–Trinajstić information content (AvgIpc) is 2.91. The first kappa shape index (κ1) is 16.2. The number of rotatable bonds is 5. The summed E-state index contributed by atoms with van der Waals surface area (Å²) >= 11 is 0. The predicted molar refractivity (Wildman–Crippen MR) is 96.4 cm³/mol. The van der Waals surface area contributed by atoms with Gasteiger partial charge >= 0.3 is 0 Å². The van der Waals surface area contributed by atoms with E-state index in [-0.39, 0.29) is 5.91 Å². The Morgan fingerprint density at radius 1 is 1.21 bits per heavy atom. The SMILES string of the molecule is Cc1nc(C(=O)NCCC2=CCCC=C2)c(C)n1-c1ccccc1. The number of aryl methyl sites for hydroxylation is 1. The summed E-state index contributed by atoms with van der Waals surface area (Å²) in [6.07, 6.45) is 9.65. The maximum Gasteiger partial charge on any atom is 0.271 e. The van der Waals surface area contributed by atoms with Crippen LogP contribution in [0.3, 0.4) is 0 Å². The molecule has 1 amide bonds. The minimum Gasteiger partial charge on any atom is -0.350 e.